The molecule has 0 aliphatic rings. The molecule has 7 heavy (non-hydrogen) atoms. The first-order chi connectivity index (χ1) is 4.00. The second-order valence-electron chi connectivity index (χ2n) is 1.39. The van der Waals surface area contributed by atoms with Gasteiger partial charge in [0.15, 0.2) is 0 Å². The Balaban J connectivity index is 0. The van der Waals surface area contributed by atoms with Crippen molar-refractivity contribution in [2.24, 2.45) is 0 Å². The van der Waals surface area contributed by atoms with Crippen LogP contribution in [0.3, 0.4) is 0 Å². The molecule has 0 N–H and O–H groups in total. The second kappa shape index (κ2) is 16.7. The van der Waals surface area contributed by atoms with Gasteiger partial charge in [0.25, 0.3) is 0 Å². The van der Waals surface area contributed by atoms with E-state index in [0.717, 1.165) is 6.42 Å². The summed E-state index contributed by atoms with van der Waals surface area (Å²) in [5.74, 6) is 0. The van der Waals surface area contributed by atoms with Gasteiger partial charge < -0.3 is 0 Å². The fraction of sp³-hybridized carbons (Fsp3) is 1.00. The molecular formula is C7H18. The predicted molar refractivity (Wildman–Crippen MR) is 36.5 cm³/mol. The zero-order chi connectivity index (χ0) is 7.86. The van der Waals surface area contributed by atoms with Crippen LogP contribution in [0.5, 0.6) is 0 Å². The first-order valence-corrected chi connectivity index (χ1v) is 2.85. The van der Waals surface area contributed by atoms with E-state index in [1.807, 2.05) is 27.7 Å². The molecule has 0 saturated carbocycles. The van der Waals surface area contributed by atoms with Crippen molar-refractivity contribution in [2.45, 2.75) is 46.9 Å². The number of hydrogen-bond donors (Lipinski definition) is 0. The molecule has 0 rings (SSSR count). The molecule has 0 aromatic heterocycles. The average molecular weight is 106 g/mol. The van der Waals surface area contributed by atoms with Crippen molar-refractivity contribution in [1.82, 2.24) is 0 Å². The van der Waals surface area contributed by atoms with Crippen molar-refractivity contribution in [1.29, 1.82) is 0 Å². The zero-order valence-electron chi connectivity index (χ0n) is 7.86. The van der Waals surface area contributed by atoms with Crippen molar-refractivity contribution in [3.8, 4) is 0 Å². The van der Waals surface area contributed by atoms with E-state index in [2.05, 4.69) is 0 Å². The van der Waals surface area contributed by atoms with E-state index in [0.29, 0.717) is 0 Å². The summed E-state index contributed by atoms with van der Waals surface area (Å²) in [5, 5.41) is 0. The molecule has 0 aliphatic heterocycles. The first kappa shape index (κ1) is 5.14. The molecule has 0 bridgehead atoms. The highest BCUT2D eigenvalue weighted by molar-refractivity contribution is 4.12. The maximum Gasteiger partial charge on any atom is 0.0264 e. The Labute approximate surface area is 50.7 Å². The molecule has 0 aliphatic carbocycles. The smallest absolute Gasteiger partial charge is 0.0264 e. The lowest BCUT2D eigenvalue weighted by atomic mass is 10.4. The maximum atomic E-state index is 6.83. The van der Waals surface area contributed by atoms with E-state index in [1.54, 1.807) is 0 Å². The molecule has 0 radical (unpaired) electrons. The van der Waals surface area contributed by atoms with Gasteiger partial charge in [0.1, 0.15) is 0 Å². The third kappa shape index (κ3) is 96.0. The molecule has 0 aromatic rings. The Bertz CT molecular complexity index is 39.4. The lowest BCUT2D eigenvalue weighted by Gasteiger charge is -1.68. The van der Waals surface area contributed by atoms with Crippen LogP contribution in [0, 0.1) is 0 Å². The summed E-state index contributed by atoms with van der Waals surface area (Å²) in [6, 6.07) is 0. The summed E-state index contributed by atoms with van der Waals surface area (Å²) in [6.07, 6.45) is 1.19. The van der Waals surface area contributed by atoms with E-state index in [-0.39, 0.29) is 12.8 Å². The summed E-state index contributed by atoms with van der Waals surface area (Å²) in [7, 11) is 0. The first-order valence-electron chi connectivity index (χ1n) is 4.00. The van der Waals surface area contributed by atoms with Crippen LogP contribution in [0.4, 0.5) is 0 Å². The van der Waals surface area contributed by atoms with Crippen molar-refractivity contribution in [3.05, 3.63) is 0 Å². The second-order valence-corrected chi connectivity index (χ2v) is 1.39. The van der Waals surface area contributed by atoms with Gasteiger partial charge in [-0.15, -0.1) is 0 Å². The molecule has 0 heteroatoms. The third-order valence-electron chi connectivity index (χ3n) is 0.408. The number of hydrogen-bond acceptors (Lipinski definition) is 0. The summed E-state index contributed by atoms with van der Waals surface area (Å²) in [4.78, 5) is 0. The molecule has 46 valence electrons. The highest BCUT2D eigenvalue weighted by Crippen LogP contribution is 1.76. The van der Waals surface area contributed by atoms with Crippen LogP contribution in [0.15, 0.2) is 0 Å². The fourth-order valence-electron chi connectivity index (χ4n) is 0. The Kier molecular flexibility index (Phi) is 12.2. The Morgan fingerprint density at radius 3 is 1.29 bits per heavy atom. The quantitative estimate of drug-likeness (QED) is 0.481. The summed E-state index contributed by atoms with van der Waals surface area (Å²) in [5.41, 5.74) is 0. The Hall–Kier alpha value is 0. The monoisotopic (exact) mass is 106 g/mol. The summed E-state index contributed by atoms with van der Waals surface area (Å²) in [6.45, 7) is 7.57. The molecule has 1 atom stereocenters. The van der Waals surface area contributed by atoms with Crippen LogP contribution in [0.2, 0.25) is 0 Å². The van der Waals surface area contributed by atoms with Crippen LogP contribution < -0.4 is 0 Å². The lowest BCUT2D eigenvalue weighted by Crippen LogP contribution is -1.47. The van der Waals surface area contributed by atoms with Crippen LogP contribution in [-0.2, 0) is 0 Å². The van der Waals surface area contributed by atoms with Crippen molar-refractivity contribution in [3.63, 3.8) is 0 Å². The number of rotatable bonds is 1. The normalized spacial score (nSPS) is 16.1. The van der Waals surface area contributed by atoms with Gasteiger partial charge in [-0.05, 0) is 0 Å². The zero-order valence-corrected chi connectivity index (χ0v) is 5.86. The minimum absolute atomic E-state index is 0.0833. The van der Waals surface area contributed by atoms with E-state index in [4.69, 9.17) is 2.74 Å². The van der Waals surface area contributed by atoms with Gasteiger partial charge in [-0.1, -0.05) is 46.9 Å². The van der Waals surface area contributed by atoms with Crippen molar-refractivity contribution in [2.75, 3.05) is 0 Å². The van der Waals surface area contributed by atoms with Crippen LogP contribution in [0.25, 0.3) is 0 Å². The molecular weight excluding hydrogens is 84.1 g/mol. The predicted octanol–water partition coefficient (Wildman–Crippen LogP) is 3.22. The van der Waals surface area contributed by atoms with Crippen LogP contribution >= 0.6 is 0 Å². The highest BCUT2D eigenvalue weighted by atomic mass is 13.6. The minimum Gasteiger partial charge on any atom is -0.0656 e. The SMILES string of the molecule is [3H]C(C)C.[3H]C(C)CC. The van der Waals surface area contributed by atoms with E-state index in [9.17, 15) is 0 Å². The van der Waals surface area contributed by atoms with Crippen LogP contribution in [0.1, 0.15) is 49.7 Å². The molecule has 0 amide bonds. The molecule has 0 saturated heterocycles. The molecule has 0 nitrogen and oxygen atoms in total. The van der Waals surface area contributed by atoms with Gasteiger partial charge in [-0.3, -0.25) is 0 Å². The summed E-state index contributed by atoms with van der Waals surface area (Å²) < 4.78 is 13.4. The fourth-order valence-corrected chi connectivity index (χ4v) is 0. The molecule has 1 unspecified atom stereocenters. The molecule has 0 heterocycles. The van der Waals surface area contributed by atoms with E-state index in [1.165, 1.54) is 0 Å². The minimum atomic E-state index is 0.0833. The van der Waals surface area contributed by atoms with Gasteiger partial charge in [0, 0.05) is 2.74 Å². The van der Waals surface area contributed by atoms with Crippen molar-refractivity contribution < 1.29 is 2.74 Å². The third-order valence-corrected chi connectivity index (χ3v) is 0.408. The summed E-state index contributed by atoms with van der Waals surface area (Å²) >= 11 is 0. The van der Waals surface area contributed by atoms with Crippen molar-refractivity contribution >= 4 is 0 Å². The largest absolute Gasteiger partial charge is 0.0656 e. The lowest BCUT2D eigenvalue weighted by molar-refractivity contribution is 0.886. The van der Waals surface area contributed by atoms with E-state index >= 15 is 0 Å². The Morgan fingerprint density at radius 1 is 1.14 bits per heavy atom. The van der Waals surface area contributed by atoms with E-state index < -0.39 is 0 Å². The van der Waals surface area contributed by atoms with Gasteiger partial charge >= 0.3 is 0 Å². The maximum absolute atomic E-state index is 6.83. The highest BCUT2D eigenvalue weighted by Gasteiger charge is 1.56. The van der Waals surface area contributed by atoms with Gasteiger partial charge in [0.05, 0.1) is 0 Å². The Morgan fingerprint density at radius 2 is 1.29 bits per heavy atom. The van der Waals surface area contributed by atoms with Crippen LogP contribution in [-0.4, -0.2) is 0 Å². The topological polar surface area (TPSA) is 0 Å². The molecule has 0 aromatic carbocycles. The average Bonchev–Trinajstić information content (AvgIpc) is 1.65. The van der Waals surface area contributed by atoms with Gasteiger partial charge in [0.2, 0.25) is 0 Å². The molecule has 0 fully saturated rings. The van der Waals surface area contributed by atoms with Gasteiger partial charge in [-0.25, -0.2) is 0 Å². The molecule has 0 spiro atoms. The van der Waals surface area contributed by atoms with Gasteiger partial charge in [-0.2, -0.15) is 0 Å². The standard InChI is InChI=1S/C4H10.C3H8/c1-3-4-2;1-3-2/h3-4H2,1-2H3;3H2,1-2H3/i2*3T.